The number of hydrogen-bond acceptors (Lipinski definition) is 9. The van der Waals surface area contributed by atoms with Crippen LogP contribution in [0.25, 0.3) is 11.1 Å². The highest BCUT2D eigenvalue weighted by Gasteiger charge is 2.62. The SMILES string of the molecule is CC(C)(C)OC(=O)N[C@@H]1CCCCCCC[C@@H]2C[C@]2(C(=O)O)NC(=O)C2C[C@H](n3ncc(N4CCCC4)c(-c4ccsc4)c3=O)CN2C1=O. The number of carboxylic acids is 1. The number of aliphatic carboxylic acids is 1. The fraction of sp³-hybridized carbons (Fsp3) is 0.657. The Morgan fingerprint density at radius 2 is 1.78 bits per heavy atom. The van der Waals surface area contributed by atoms with E-state index in [9.17, 15) is 29.1 Å². The summed E-state index contributed by atoms with van der Waals surface area (Å²) in [5.41, 5.74) is -0.377. The van der Waals surface area contributed by atoms with Gasteiger partial charge < -0.3 is 30.3 Å². The van der Waals surface area contributed by atoms with Crippen molar-refractivity contribution in [3.05, 3.63) is 33.4 Å². The van der Waals surface area contributed by atoms with E-state index in [0.29, 0.717) is 31.2 Å². The lowest BCUT2D eigenvalue weighted by molar-refractivity contribution is -0.146. The topological polar surface area (TPSA) is 163 Å². The smallest absolute Gasteiger partial charge is 0.408 e. The molecule has 0 radical (unpaired) electrons. The number of aromatic nitrogens is 2. The van der Waals surface area contributed by atoms with Crippen LogP contribution in [-0.2, 0) is 19.1 Å². The fourth-order valence-corrected chi connectivity index (χ4v) is 8.35. The molecule has 14 heteroatoms. The number of carbonyl (C=O) groups excluding carboxylic acids is 3. The zero-order chi connectivity index (χ0) is 34.9. The fourth-order valence-electron chi connectivity index (χ4n) is 7.70. The van der Waals surface area contributed by atoms with Crippen LogP contribution in [-0.4, -0.2) is 86.5 Å². The van der Waals surface area contributed by atoms with Gasteiger partial charge >= 0.3 is 12.1 Å². The third-order valence-electron chi connectivity index (χ3n) is 10.3. The minimum atomic E-state index is -1.38. The van der Waals surface area contributed by atoms with E-state index in [4.69, 9.17) is 4.74 Å². The Balaban J connectivity index is 1.35. The van der Waals surface area contributed by atoms with Crippen LogP contribution in [0.2, 0.25) is 0 Å². The average molecular weight is 697 g/mol. The normalized spacial score (nSPS) is 28.1. The minimum Gasteiger partial charge on any atom is -0.479 e. The number of hydrogen-bond donors (Lipinski definition) is 3. The van der Waals surface area contributed by atoms with Crippen molar-refractivity contribution < 1.29 is 29.0 Å². The molecule has 4 aliphatic rings. The summed E-state index contributed by atoms with van der Waals surface area (Å²) in [6, 6.07) is -0.793. The lowest BCUT2D eigenvalue weighted by Crippen LogP contribution is -2.56. The molecule has 1 saturated carbocycles. The molecule has 2 aromatic heterocycles. The number of nitrogens with zero attached hydrogens (tertiary/aromatic N) is 4. The Bertz CT molecular complexity index is 1610. The van der Waals surface area contributed by atoms with Gasteiger partial charge in [0.15, 0.2) is 0 Å². The minimum absolute atomic E-state index is 0.00797. The third kappa shape index (κ3) is 7.48. The van der Waals surface area contributed by atoms with Crippen molar-refractivity contribution in [2.75, 3.05) is 24.5 Å². The van der Waals surface area contributed by atoms with Gasteiger partial charge in [-0.05, 0) is 75.6 Å². The molecule has 3 aliphatic heterocycles. The molecule has 0 spiro atoms. The molecule has 266 valence electrons. The molecule has 13 nitrogen and oxygen atoms in total. The molecule has 1 unspecified atom stereocenters. The number of amides is 3. The van der Waals surface area contributed by atoms with Crippen LogP contribution in [0, 0.1) is 5.92 Å². The van der Waals surface area contributed by atoms with Gasteiger partial charge in [0.2, 0.25) is 11.8 Å². The van der Waals surface area contributed by atoms with Crippen molar-refractivity contribution >= 4 is 40.9 Å². The largest absolute Gasteiger partial charge is 0.479 e. The lowest BCUT2D eigenvalue weighted by atomic mass is 10.0. The molecule has 3 saturated heterocycles. The Kier molecular flexibility index (Phi) is 10.1. The molecular formula is C35H48N6O7S. The second-order valence-corrected chi connectivity index (χ2v) is 15.7. The molecule has 5 heterocycles. The van der Waals surface area contributed by atoms with Gasteiger partial charge in [-0.3, -0.25) is 14.4 Å². The van der Waals surface area contributed by atoms with Gasteiger partial charge in [-0.15, -0.1) is 0 Å². The predicted molar refractivity (Wildman–Crippen MR) is 185 cm³/mol. The van der Waals surface area contributed by atoms with Crippen molar-refractivity contribution in [3.63, 3.8) is 0 Å². The van der Waals surface area contributed by atoms with Gasteiger partial charge in [0, 0.05) is 31.6 Å². The maximum atomic E-state index is 14.4. The number of fused-ring (bicyclic) bond motifs is 2. The Labute approximate surface area is 290 Å². The molecule has 0 aromatic carbocycles. The van der Waals surface area contributed by atoms with Crippen LogP contribution < -0.4 is 21.1 Å². The van der Waals surface area contributed by atoms with E-state index in [1.165, 1.54) is 20.9 Å². The number of ether oxygens (including phenoxy) is 1. The van der Waals surface area contributed by atoms with E-state index in [1.807, 2.05) is 16.8 Å². The highest BCUT2D eigenvalue weighted by atomic mass is 32.1. The van der Waals surface area contributed by atoms with E-state index in [2.05, 4.69) is 20.6 Å². The second kappa shape index (κ2) is 14.1. The number of carbonyl (C=O) groups is 4. The van der Waals surface area contributed by atoms with Gasteiger partial charge in [-0.25, -0.2) is 14.3 Å². The summed E-state index contributed by atoms with van der Waals surface area (Å²) in [4.78, 5) is 71.8. The van der Waals surface area contributed by atoms with Gasteiger partial charge in [0.1, 0.15) is 23.2 Å². The standard InChI is InChI=1S/C35H48N6O7S/c1-34(2,3)48-33(47)37-25-12-8-6-4-5-7-11-23-18-35(23,32(45)46)38-29(42)26-17-24(20-40(26)30(25)43)41-31(44)28(22-13-16-49-21-22)27(19-36-41)39-14-9-10-15-39/h13,16,19,21,23-26H,4-12,14-15,17-18,20H2,1-3H3,(H,37,47)(H,38,42)(H,45,46)/t23-,24+,25-,26?,35+/m1/s1. The van der Waals surface area contributed by atoms with E-state index >= 15 is 0 Å². The molecule has 3 amide bonds. The number of nitrogens with one attached hydrogen (secondary N) is 2. The summed E-state index contributed by atoms with van der Waals surface area (Å²) in [6.07, 6.45) is 8.66. The van der Waals surface area contributed by atoms with Gasteiger partial charge in [0.05, 0.1) is 23.5 Å². The molecule has 6 rings (SSSR count). The van der Waals surface area contributed by atoms with Crippen molar-refractivity contribution in [1.29, 1.82) is 0 Å². The number of rotatable bonds is 5. The van der Waals surface area contributed by atoms with Gasteiger partial charge in [-0.2, -0.15) is 16.4 Å². The van der Waals surface area contributed by atoms with Crippen molar-refractivity contribution in [2.45, 2.75) is 121 Å². The number of carboxylic acid groups (broad SMARTS) is 1. The summed E-state index contributed by atoms with van der Waals surface area (Å²) < 4.78 is 6.87. The first-order valence-corrected chi connectivity index (χ1v) is 18.6. The third-order valence-corrected chi connectivity index (χ3v) is 11.0. The number of anilines is 1. The maximum Gasteiger partial charge on any atom is 0.408 e. The van der Waals surface area contributed by atoms with E-state index in [1.54, 1.807) is 27.0 Å². The first-order chi connectivity index (χ1) is 23.4. The van der Waals surface area contributed by atoms with E-state index < -0.39 is 53.1 Å². The molecule has 49 heavy (non-hydrogen) atoms. The first kappa shape index (κ1) is 34.9. The van der Waals surface area contributed by atoms with Crippen LogP contribution in [0.1, 0.15) is 97.4 Å². The van der Waals surface area contributed by atoms with Gasteiger partial charge in [0.25, 0.3) is 5.56 Å². The maximum absolute atomic E-state index is 14.4. The highest BCUT2D eigenvalue weighted by Crippen LogP contribution is 2.47. The first-order valence-electron chi connectivity index (χ1n) is 17.6. The summed E-state index contributed by atoms with van der Waals surface area (Å²) in [5, 5.41) is 24.3. The van der Waals surface area contributed by atoms with Crippen LogP contribution in [0.15, 0.2) is 27.8 Å². The van der Waals surface area contributed by atoms with Crippen molar-refractivity contribution in [2.24, 2.45) is 5.92 Å². The zero-order valence-corrected chi connectivity index (χ0v) is 29.4. The summed E-state index contributed by atoms with van der Waals surface area (Å²) in [6.45, 7) is 6.87. The van der Waals surface area contributed by atoms with Crippen molar-refractivity contribution in [3.8, 4) is 11.1 Å². The summed E-state index contributed by atoms with van der Waals surface area (Å²) >= 11 is 1.49. The Morgan fingerprint density at radius 1 is 1.06 bits per heavy atom. The van der Waals surface area contributed by atoms with Crippen LogP contribution in [0.4, 0.5) is 10.5 Å². The van der Waals surface area contributed by atoms with Crippen LogP contribution >= 0.6 is 11.3 Å². The molecular weight excluding hydrogens is 648 g/mol. The second-order valence-electron chi connectivity index (χ2n) is 15.0. The van der Waals surface area contributed by atoms with E-state index in [-0.39, 0.29) is 24.4 Å². The summed E-state index contributed by atoms with van der Waals surface area (Å²) in [7, 11) is 0. The number of thiophene rings is 1. The molecule has 1 aliphatic carbocycles. The lowest BCUT2D eigenvalue weighted by Gasteiger charge is -2.30. The number of alkyl carbamates (subject to hydrolysis) is 1. The summed E-state index contributed by atoms with van der Waals surface area (Å²) in [5.74, 6) is -2.31. The zero-order valence-electron chi connectivity index (χ0n) is 28.6. The average Bonchev–Trinajstić information content (AvgIpc) is 3.56. The molecule has 5 atom stereocenters. The predicted octanol–water partition coefficient (Wildman–Crippen LogP) is 4.31. The van der Waals surface area contributed by atoms with Gasteiger partial charge in [-0.1, -0.05) is 32.1 Å². The quantitative estimate of drug-likeness (QED) is 0.414. The monoisotopic (exact) mass is 696 g/mol. The molecule has 0 bridgehead atoms. The molecule has 4 fully saturated rings. The molecule has 3 N–H and O–H groups in total. The van der Waals surface area contributed by atoms with E-state index in [0.717, 1.165) is 62.9 Å². The Hall–Kier alpha value is -3.94. The Morgan fingerprint density at radius 3 is 2.45 bits per heavy atom. The van der Waals surface area contributed by atoms with Crippen molar-refractivity contribution in [1.82, 2.24) is 25.3 Å². The molecule has 2 aromatic rings. The van der Waals surface area contributed by atoms with Crippen LogP contribution in [0.5, 0.6) is 0 Å². The van der Waals surface area contributed by atoms with Crippen LogP contribution in [0.3, 0.4) is 0 Å². The highest BCUT2D eigenvalue weighted by molar-refractivity contribution is 7.08.